The third-order valence-corrected chi connectivity index (χ3v) is 6.22. The standard InChI is InChI=1S/C24H35N5O4/c1-18-14-28(19(2)16-30)23(31)10-7-11-29-21(13-25-26-29)17-33-22(18)15-27(3)24(32)12-20-8-5-4-6-9-20/h4-6,8-9,13,18-19,22,30H,7,10-12,14-17H2,1-3H3/t18-,19+,22+/m1/s1. The number of amides is 2. The molecule has 3 atom stereocenters. The van der Waals surface area contributed by atoms with Gasteiger partial charge in [-0.1, -0.05) is 42.5 Å². The van der Waals surface area contributed by atoms with E-state index in [2.05, 4.69) is 10.3 Å². The highest BCUT2D eigenvalue weighted by atomic mass is 16.5. The maximum atomic E-state index is 12.9. The summed E-state index contributed by atoms with van der Waals surface area (Å²) in [5.41, 5.74) is 1.81. The van der Waals surface area contributed by atoms with Gasteiger partial charge in [0.05, 0.1) is 43.7 Å². The van der Waals surface area contributed by atoms with Crippen molar-refractivity contribution in [1.29, 1.82) is 0 Å². The predicted octanol–water partition coefficient (Wildman–Crippen LogP) is 1.50. The molecular weight excluding hydrogens is 422 g/mol. The van der Waals surface area contributed by atoms with Gasteiger partial charge in [-0.25, -0.2) is 4.68 Å². The number of aliphatic hydroxyl groups is 1. The topological polar surface area (TPSA) is 101 Å². The Kier molecular flexibility index (Phi) is 8.96. The minimum atomic E-state index is -0.307. The first-order chi connectivity index (χ1) is 15.9. The van der Waals surface area contributed by atoms with Crippen molar-refractivity contribution in [2.45, 2.75) is 58.4 Å². The van der Waals surface area contributed by atoms with Crippen molar-refractivity contribution in [2.24, 2.45) is 5.92 Å². The van der Waals surface area contributed by atoms with Gasteiger partial charge in [0.2, 0.25) is 11.8 Å². The Morgan fingerprint density at radius 3 is 2.82 bits per heavy atom. The first kappa shape index (κ1) is 24.9. The fraction of sp³-hybridized carbons (Fsp3) is 0.583. The molecule has 0 saturated carbocycles. The third-order valence-electron chi connectivity index (χ3n) is 6.22. The van der Waals surface area contributed by atoms with Gasteiger partial charge in [-0.15, -0.1) is 5.10 Å². The maximum Gasteiger partial charge on any atom is 0.226 e. The van der Waals surface area contributed by atoms with Crippen LogP contribution < -0.4 is 0 Å². The minimum absolute atomic E-state index is 0.00195. The lowest BCUT2D eigenvalue weighted by atomic mass is 10.0. The van der Waals surface area contributed by atoms with Gasteiger partial charge in [0.15, 0.2) is 0 Å². The molecule has 33 heavy (non-hydrogen) atoms. The summed E-state index contributed by atoms with van der Waals surface area (Å²) in [6, 6.07) is 9.36. The second kappa shape index (κ2) is 11.9. The van der Waals surface area contributed by atoms with Gasteiger partial charge in [-0.2, -0.15) is 0 Å². The summed E-state index contributed by atoms with van der Waals surface area (Å²) in [6.07, 6.45) is 2.70. The van der Waals surface area contributed by atoms with Gasteiger partial charge in [0.25, 0.3) is 0 Å². The lowest BCUT2D eigenvalue weighted by Crippen LogP contribution is -2.48. The number of benzene rings is 1. The molecule has 3 rings (SSSR count). The molecule has 0 radical (unpaired) electrons. The number of ether oxygens (including phenoxy) is 1. The molecule has 9 heteroatoms. The molecule has 1 aliphatic heterocycles. The van der Waals surface area contributed by atoms with Gasteiger partial charge in [0.1, 0.15) is 0 Å². The molecule has 0 bridgehead atoms. The van der Waals surface area contributed by atoms with Gasteiger partial charge < -0.3 is 19.6 Å². The summed E-state index contributed by atoms with van der Waals surface area (Å²) in [7, 11) is 1.78. The van der Waals surface area contributed by atoms with Crippen LogP contribution in [0.15, 0.2) is 36.5 Å². The van der Waals surface area contributed by atoms with Crippen LogP contribution in [0.1, 0.15) is 37.9 Å². The molecule has 9 nitrogen and oxygen atoms in total. The number of aliphatic hydroxyl groups excluding tert-OH is 1. The van der Waals surface area contributed by atoms with E-state index in [9.17, 15) is 14.7 Å². The van der Waals surface area contributed by atoms with Crippen molar-refractivity contribution in [3.05, 3.63) is 47.8 Å². The molecule has 1 aliphatic rings. The van der Waals surface area contributed by atoms with E-state index in [0.717, 1.165) is 11.3 Å². The van der Waals surface area contributed by atoms with E-state index >= 15 is 0 Å². The highest BCUT2D eigenvalue weighted by Gasteiger charge is 2.29. The van der Waals surface area contributed by atoms with Gasteiger partial charge in [0, 0.05) is 39.0 Å². The summed E-state index contributed by atoms with van der Waals surface area (Å²) < 4.78 is 8.05. The van der Waals surface area contributed by atoms with Gasteiger partial charge in [-0.3, -0.25) is 9.59 Å². The van der Waals surface area contributed by atoms with Crippen molar-refractivity contribution in [3.63, 3.8) is 0 Å². The molecule has 0 aliphatic carbocycles. The van der Waals surface area contributed by atoms with Crippen molar-refractivity contribution in [2.75, 3.05) is 26.7 Å². The number of hydrogen-bond acceptors (Lipinski definition) is 6. The number of hydrogen-bond donors (Lipinski definition) is 1. The molecule has 0 saturated heterocycles. The number of aryl methyl sites for hydroxylation is 1. The molecule has 1 aromatic carbocycles. The first-order valence-electron chi connectivity index (χ1n) is 11.6. The number of rotatable bonds is 6. The van der Waals surface area contributed by atoms with Crippen molar-refractivity contribution in [1.82, 2.24) is 24.8 Å². The smallest absolute Gasteiger partial charge is 0.226 e. The Balaban J connectivity index is 1.76. The SMILES string of the molecule is C[C@@H]1CN([C@@H](C)CO)C(=O)CCCn2nncc2CO[C@H]1CN(C)C(=O)Cc1ccccc1. The minimum Gasteiger partial charge on any atom is -0.394 e. The average molecular weight is 458 g/mol. The second-order valence-electron chi connectivity index (χ2n) is 8.89. The monoisotopic (exact) mass is 457 g/mol. The molecule has 0 unspecified atom stereocenters. The molecular formula is C24H35N5O4. The van der Waals surface area contributed by atoms with E-state index in [4.69, 9.17) is 4.74 Å². The van der Waals surface area contributed by atoms with E-state index in [1.54, 1.807) is 27.7 Å². The van der Waals surface area contributed by atoms with Crippen molar-refractivity contribution in [3.8, 4) is 0 Å². The number of fused-ring (bicyclic) bond motifs is 1. The van der Waals surface area contributed by atoms with Gasteiger partial charge in [-0.05, 0) is 18.9 Å². The molecule has 1 N–H and O–H groups in total. The Bertz CT molecular complexity index is 903. The zero-order chi connectivity index (χ0) is 23.8. The summed E-state index contributed by atoms with van der Waals surface area (Å²) in [6.45, 7) is 5.50. The Labute approximate surface area is 195 Å². The summed E-state index contributed by atoms with van der Waals surface area (Å²) in [5.74, 6) is -0.0527. The predicted molar refractivity (Wildman–Crippen MR) is 123 cm³/mol. The maximum absolute atomic E-state index is 12.9. The summed E-state index contributed by atoms with van der Waals surface area (Å²) in [4.78, 5) is 29.2. The zero-order valence-corrected chi connectivity index (χ0v) is 19.8. The average Bonchev–Trinajstić information content (AvgIpc) is 3.26. The Hall–Kier alpha value is -2.78. The number of aromatic nitrogens is 3. The Morgan fingerprint density at radius 2 is 2.09 bits per heavy atom. The van der Waals surface area contributed by atoms with E-state index in [0.29, 0.717) is 45.5 Å². The number of carbonyl (C=O) groups excluding carboxylic acids is 2. The zero-order valence-electron chi connectivity index (χ0n) is 19.8. The van der Waals surface area contributed by atoms with Crippen LogP contribution in [-0.4, -0.2) is 80.6 Å². The lowest BCUT2D eigenvalue weighted by Gasteiger charge is -2.35. The van der Waals surface area contributed by atoms with Crippen LogP contribution >= 0.6 is 0 Å². The second-order valence-corrected chi connectivity index (χ2v) is 8.89. The van der Waals surface area contributed by atoms with Crippen molar-refractivity contribution >= 4 is 11.8 Å². The molecule has 180 valence electrons. The van der Waals surface area contributed by atoms with Crippen LogP contribution in [-0.2, 0) is 33.9 Å². The van der Waals surface area contributed by atoms with E-state index in [1.807, 2.05) is 44.2 Å². The molecule has 2 amide bonds. The van der Waals surface area contributed by atoms with Crippen LogP contribution in [0.3, 0.4) is 0 Å². The van der Waals surface area contributed by atoms with Crippen molar-refractivity contribution < 1.29 is 19.4 Å². The third kappa shape index (κ3) is 6.85. The molecule has 0 fully saturated rings. The highest BCUT2D eigenvalue weighted by molar-refractivity contribution is 5.78. The lowest BCUT2D eigenvalue weighted by molar-refractivity contribution is -0.138. The van der Waals surface area contributed by atoms with Crippen LogP contribution in [0.5, 0.6) is 0 Å². The van der Waals surface area contributed by atoms with Crippen LogP contribution in [0.4, 0.5) is 0 Å². The fourth-order valence-corrected chi connectivity index (χ4v) is 4.02. The van der Waals surface area contributed by atoms with Crippen LogP contribution in [0.25, 0.3) is 0 Å². The summed E-state index contributed by atoms with van der Waals surface area (Å²) >= 11 is 0. The molecule has 1 aromatic heterocycles. The molecule has 2 aromatic rings. The largest absolute Gasteiger partial charge is 0.394 e. The highest BCUT2D eigenvalue weighted by Crippen LogP contribution is 2.18. The molecule has 0 spiro atoms. The first-order valence-corrected chi connectivity index (χ1v) is 11.6. The van der Waals surface area contributed by atoms with E-state index < -0.39 is 0 Å². The Morgan fingerprint density at radius 1 is 1.33 bits per heavy atom. The molecule has 2 heterocycles. The van der Waals surface area contributed by atoms with Gasteiger partial charge >= 0.3 is 0 Å². The summed E-state index contributed by atoms with van der Waals surface area (Å²) in [5, 5.41) is 17.8. The van der Waals surface area contributed by atoms with E-state index in [1.165, 1.54) is 0 Å². The quantitative estimate of drug-likeness (QED) is 0.706. The normalized spacial score (nSPS) is 21.0. The number of nitrogens with zero attached hydrogens (tertiary/aromatic N) is 5. The van der Waals surface area contributed by atoms with E-state index in [-0.39, 0.29) is 36.5 Å². The number of likely N-dealkylation sites (N-methyl/N-ethyl adjacent to an activating group) is 1. The van der Waals surface area contributed by atoms with Crippen LogP contribution in [0, 0.1) is 5.92 Å². The van der Waals surface area contributed by atoms with Crippen LogP contribution in [0.2, 0.25) is 0 Å². The fourth-order valence-electron chi connectivity index (χ4n) is 4.02. The number of carbonyl (C=O) groups is 2.